The zero-order chi connectivity index (χ0) is 26.1. The molecule has 0 saturated heterocycles. The van der Waals surface area contributed by atoms with Crippen molar-refractivity contribution in [2.24, 2.45) is 13.0 Å². The Hall–Kier alpha value is -4.87. The Morgan fingerprint density at radius 1 is 1.03 bits per heavy atom. The number of ether oxygens (including phenoxy) is 1. The number of para-hydroxylation sites is 1. The molecular weight excluding hydrogens is 486 g/mol. The minimum atomic E-state index is -0.798. The van der Waals surface area contributed by atoms with Crippen LogP contribution in [0.5, 0.6) is 11.5 Å². The minimum Gasteiger partial charge on any atom is -0.454 e. The fraction of sp³-hybridized carbons (Fsp3) is 0.160. The van der Waals surface area contributed by atoms with Crippen LogP contribution in [0.3, 0.4) is 0 Å². The number of aromatic nitrogens is 4. The molecule has 12 heteroatoms. The number of hydrogen-bond acceptors (Lipinski definition) is 6. The first-order valence-corrected chi connectivity index (χ1v) is 11.3. The van der Waals surface area contributed by atoms with Crippen LogP contribution in [0.1, 0.15) is 23.5 Å². The van der Waals surface area contributed by atoms with Gasteiger partial charge in [0.15, 0.2) is 11.6 Å². The van der Waals surface area contributed by atoms with Crippen LogP contribution in [0.4, 0.5) is 20.3 Å². The van der Waals surface area contributed by atoms with Gasteiger partial charge in [-0.15, -0.1) is 5.10 Å². The van der Waals surface area contributed by atoms with E-state index in [1.165, 1.54) is 61.8 Å². The highest BCUT2D eigenvalue weighted by molar-refractivity contribution is 6.01. The summed E-state index contributed by atoms with van der Waals surface area (Å²) in [7, 11) is 1.31. The number of nitrogens with zero attached hydrogens (tertiary/aromatic N) is 4. The van der Waals surface area contributed by atoms with Crippen LogP contribution in [-0.2, 0) is 11.8 Å². The summed E-state index contributed by atoms with van der Waals surface area (Å²) in [6.45, 7) is 0. The number of nitrogens with one attached hydrogen (secondary N) is 2. The Labute approximate surface area is 208 Å². The summed E-state index contributed by atoms with van der Waals surface area (Å²) in [6.07, 6.45) is 3.12. The van der Waals surface area contributed by atoms with Gasteiger partial charge in [0.25, 0.3) is 5.91 Å². The molecule has 1 fully saturated rings. The Morgan fingerprint density at radius 3 is 2.54 bits per heavy atom. The van der Waals surface area contributed by atoms with Crippen molar-refractivity contribution in [3.05, 3.63) is 88.7 Å². The van der Waals surface area contributed by atoms with Crippen molar-refractivity contribution < 1.29 is 23.1 Å². The third-order valence-electron chi connectivity index (χ3n) is 5.61. The average molecular weight is 506 g/mol. The third kappa shape index (κ3) is 5.08. The molecule has 0 unspecified atom stereocenters. The predicted octanol–water partition coefficient (Wildman–Crippen LogP) is 3.64. The fourth-order valence-electron chi connectivity index (χ4n) is 3.51. The molecular formula is C25H20F2N6O4. The summed E-state index contributed by atoms with van der Waals surface area (Å²) in [5.41, 5.74) is -0.758. The van der Waals surface area contributed by atoms with Crippen molar-refractivity contribution in [1.29, 1.82) is 0 Å². The molecule has 0 radical (unpaired) electrons. The summed E-state index contributed by atoms with van der Waals surface area (Å²) >= 11 is 0. The van der Waals surface area contributed by atoms with E-state index in [-0.39, 0.29) is 40.5 Å². The number of rotatable bonds is 7. The second-order valence-electron chi connectivity index (χ2n) is 8.37. The predicted molar refractivity (Wildman–Crippen MR) is 129 cm³/mol. The van der Waals surface area contributed by atoms with E-state index in [0.717, 1.165) is 28.2 Å². The van der Waals surface area contributed by atoms with Crippen LogP contribution in [0.15, 0.2) is 65.6 Å². The van der Waals surface area contributed by atoms with Gasteiger partial charge in [0.05, 0.1) is 0 Å². The normalized spacial score (nSPS) is 12.7. The first kappa shape index (κ1) is 23.9. The molecule has 1 aliphatic carbocycles. The number of hydrogen-bond donors (Lipinski definition) is 2. The summed E-state index contributed by atoms with van der Waals surface area (Å²) in [5, 5.41) is 9.09. The third-order valence-corrected chi connectivity index (χ3v) is 5.61. The van der Waals surface area contributed by atoms with E-state index in [4.69, 9.17) is 4.74 Å². The van der Waals surface area contributed by atoms with Crippen LogP contribution in [0.25, 0.3) is 5.69 Å². The second-order valence-corrected chi connectivity index (χ2v) is 8.37. The maximum absolute atomic E-state index is 14.7. The molecule has 4 aromatic rings. The lowest BCUT2D eigenvalue weighted by atomic mass is 10.2. The average Bonchev–Trinajstić information content (AvgIpc) is 3.68. The first-order chi connectivity index (χ1) is 17.8. The van der Waals surface area contributed by atoms with E-state index in [1.54, 1.807) is 0 Å². The summed E-state index contributed by atoms with van der Waals surface area (Å²) in [6, 6.07) is 12.2. The molecule has 2 aromatic carbocycles. The van der Waals surface area contributed by atoms with Gasteiger partial charge in [-0.1, -0.05) is 12.1 Å². The smallest absolute Gasteiger partial charge is 0.350 e. The quantitative estimate of drug-likeness (QED) is 0.395. The molecule has 0 bridgehead atoms. The van der Waals surface area contributed by atoms with Crippen molar-refractivity contribution >= 4 is 23.3 Å². The Morgan fingerprint density at radius 2 is 1.81 bits per heavy atom. The van der Waals surface area contributed by atoms with Crippen LogP contribution in [-0.4, -0.2) is 31.1 Å². The largest absolute Gasteiger partial charge is 0.454 e. The fourth-order valence-corrected chi connectivity index (χ4v) is 3.51. The topological polar surface area (TPSA) is 120 Å². The van der Waals surface area contributed by atoms with Gasteiger partial charge in [-0.25, -0.2) is 18.6 Å². The number of carbonyl (C=O) groups is 2. The maximum Gasteiger partial charge on any atom is 0.350 e. The summed E-state index contributed by atoms with van der Waals surface area (Å²) in [4.78, 5) is 41.2. The number of benzene rings is 2. The lowest BCUT2D eigenvalue weighted by Crippen LogP contribution is -2.24. The molecule has 10 nitrogen and oxygen atoms in total. The number of anilines is 2. The zero-order valence-electron chi connectivity index (χ0n) is 19.4. The van der Waals surface area contributed by atoms with Gasteiger partial charge in [-0.3, -0.25) is 14.2 Å². The van der Waals surface area contributed by atoms with E-state index in [0.29, 0.717) is 5.82 Å². The molecule has 37 heavy (non-hydrogen) atoms. The molecule has 2 aromatic heterocycles. The van der Waals surface area contributed by atoms with E-state index >= 15 is 0 Å². The number of carbonyl (C=O) groups excluding carboxylic acids is 2. The molecule has 0 spiro atoms. The SMILES string of the molecule is Cn1c(C(=O)Nc2ccc(Oc3ccnc(NC(=O)C4CC4)c3)c(F)c2)nn(-c2ccccc2F)c1=O. The Bertz CT molecular complexity index is 1580. The monoisotopic (exact) mass is 506 g/mol. The lowest BCUT2D eigenvalue weighted by Gasteiger charge is -2.10. The molecule has 188 valence electrons. The van der Waals surface area contributed by atoms with Gasteiger partial charge in [-0.2, -0.15) is 4.68 Å². The van der Waals surface area contributed by atoms with Gasteiger partial charge < -0.3 is 15.4 Å². The molecule has 2 N–H and O–H groups in total. The van der Waals surface area contributed by atoms with Crippen molar-refractivity contribution in [2.45, 2.75) is 12.8 Å². The Balaban J connectivity index is 1.30. The van der Waals surface area contributed by atoms with E-state index in [1.807, 2.05) is 0 Å². The highest BCUT2D eigenvalue weighted by Gasteiger charge is 2.29. The molecule has 2 heterocycles. The first-order valence-electron chi connectivity index (χ1n) is 11.3. The van der Waals surface area contributed by atoms with Gasteiger partial charge in [0, 0.05) is 37.0 Å². The van der Waals surface area contributed by atoms with Gasteiger partial charge in [0.1, 0.15) is 23.1 Å². The zero-order valence-corrected chi connectivity index (χ0v) is 19.4. The van der Waals surface area contributed by atoms with Gasteiger partial charge in [0.2, 0.25) is 11.7 Å². The molecule has 0 aliphatic heterocycles. The van der Waals surface area contributed by atoms with E-state index in [2.05, 4.69) is 20.7 Å². The summed E-state index contributed by atoms with van der Waals surface area (Å²) < 4.78 is 36.2. The highest BCUT2D eigenvalue weighted by atomic mass is 19.1. The van der Waals surface area contributed by atoms with Crippen molar-refractivity contribution in [3.63, 3.8) is 0 Å². The van der Waals surface area contributed by atoms with Crippen LogP contribution >= 0.6 is 0 Å². The van der Waals surface area contributed by atoms with E-state index < -0.39 is 23.2 Å². The van der Waals surface area contributed by atoms with Gasteiger partial charge >= 0.3 is 5.69 Å². The highest BCUT2D eigenvalue weighted by Crippen LogP contribution is 2.31. The maximum atomic E-state index is 14.7. The van der Waals surface area contributed by atoms with Crippen LogP contribution in [0.2, 0.25) is 0 Å². The van der Waals surface area contributed by atoms with Crippen molar-refractivity contribution in [2.75, 3.05) is 10.6 Å². The number of pyridine rings is 1. The van der Waals surface area contributed by atoms with E-state index in [9.17, 15) is 23.2 Å². The lowest BCUT2D eigenvalue weighted by molar-refractivity contribution is -0.117. The number of halogens is 2. The minimum absolute atomic E-state index is 0.00209. The van der Waals surface area contributed by atoms with Gasteiger partial charge in [-0.05, 0) is 43.2 Å². The standard InChI is InChI=1S/C25H20F2N6O4/c1-32-22(31-33(25(32)36)19-5-3-2-4-17(19)26)24(35)29-15-8-9-20(18(27)12-15)37-16-10-11-28-21(13-16)30-23(34)14-6-7-14/h2-5,8-14H,6-7H2,1H3,(H,29,35)(H,28,30,34). The second kappa shape index (κ2) is 9.64. The Kier molecular flexibility index (Phi) is 6.22. The van der Waals surface area contributed by atoms with Crippen LogP contribution < -0.4 is 21.1 Å². The molecule has 1 saturated carbocycles. The molecule has 0 atom stereocenters. The van der Waals surface area contributed by atoms with Crippen molar-refractivity contribution in [3.8, 4) is 17.2 Å². The van der Waals surface area contributed by atoms with Crippen LogP contribution in [0, 0.1) is 17.6 Å². The molecule has 5 rings (SSSR count). The molecule has 1 aliphatic rings. The molecule has 2 amide bonds. The number of amides is 2. The van der Waals surface area contributed by atoms with Crippen molar-refractivity contribution in [1.82, 2.24) is 19.3 Å². The summed E-state index contributed by atoms with van der Waals surface area (Å²) in [5.74, 6) is -2.25.